The van der Waals surface area contributed by atoms with Gasteiger partial charge < -0.3 is 24.7 Å². The molecule has 0 saturated carbocycles. The first-order valence-electron chi connectivity index (χ1n) is 13.6. The summed E-state index contributed by atoms with van der Waals surface area (Å²) in [6.07, 6.45) is 0.633. The lowest BCUT2D eigenvalue weighted by atomic mass is 10.0. The van der Waals surface area contributed by atoms with Gasteiger partial charge in [0, 0.05) is 12.1 Å². The Labute approximate surface area is 234 Å². The van der Waals surface area contributed by atoms with Crippen LogP contribution in [0.15, 0.2) is 72.8 Å². The second-order valence-corrected chi connectivity index (χ2v) is 16.3. The highest BCUT2D eigenvalue weighted by Crippen LogP contribution is 2.40. The van der Waals surface area contributed by atoms with Gasteiger partial charge in [0.1, 0.15) is 12.4 Å². The van der Waals surface area contributed by atoms with Crippen molar-refractivity contribution in [2.24, 2.45) is 0 Å². The highest BCUT2D eigenvalue weighted by atomic mass is 28.4. The molecule has 1 atom stereocenters. The van der Waals surface area contributed by atoms with E-state index in [1.165, 1.54) is 0 Å². The molecule has 3 rings (SSSR count). The first kappa shape index (κ1) is 30.6. The van der Waals surface area contributed by atoms with E-state index in [4.69, 9.17) is 14.3 Å². The summed E-state index contributed by atoms with van der Waals surface area (Å²) in [5.41, 5.74) is 4.73. The maximum Gasteiger partial charge on any atom is 0.307 e. The number of benzene rings is 3. The Kier molecular flexibility index (Phi) is 10.9. The number of aliphatic hydroxyl groups excluding tert-OH is 1. The Bertz CT molecular complexity index is 1210. The Morgan fingerprint density at radius 2 is 1.64 bits per heavy atom. The number of carboxylic acid groups (broad SMARTS) is 1. The molecule has 0 aromatic heterocycles. The van der Waals surface area contributed by atoms with E-state index >= 15 is 0 Å². The molecule has 210 valence electrons. The minimum Gasteiger partial charge on any atom is -0.489 e. The lowest BCUT2D eigenvalue weighted by Gasteiger charge is -2.39. The first-order valence-corrected chi connectivity index (χ1v) is 16.5. The molecule has 3 N–H and O–H groups in total. The summed E-state index contributed by atoms with van der Waals surface area (Å²) in [6.45, 7) is 12.9. The monoisotopic (exact) mass is 549 g/mol. The van der Waals surface area contributed by atoms with Crippen LogP contribution in [0, 0.1) is 0 Å². The smallest absolute Gasteiger partial charge is 0.307 e. The fourth-order valence-corrected chi connectivity index (χ4v) is 5.38. The van der Waals surface area contributed by atoms with Crippen LogP contribution in [0.2, 0.25) is 18.1 Å². The lowest BCUT2D eigenvalue weighted by molar-refractivity contribution is -0.136. The number of ether oxygens (including phenoxy) is 1. The van der Waals surface area contributed by atoms with E-state index in [1.807, 2.05) is 72.8 Å². The van der Waals surface area contributed by atoms with E-state index in [0.717, 1.165) is 40.8 Å². The number of aliphatic carboxylic acids is 1. The number of aliphatic hydroxyl groups is 1. The van der Waals surface area contributed by atoms with Crippen LogP contribution in [0.25, 0.3) is 0 Å². The average molecular weight is 550 g/mol. The van der Waals surface area contributed by atoms with Gasteiger partial charge in [-0.3, -0.25) is 4.79 Å². The topological polar surface area (TPSA) is 88.0 Å². The molecular weight excluding hydrogens is 506 g/mol. The van der Waals surface area contributed by atoms with Gasteiger partial charge in [0.2, 0.25) is 0 Å². The molecule has 0 radical (unpaired) electrons. The molecule has 0 amide bonds. The van der Waals surface area contributed by atoms with Crippen LogP contribution in [0.1, 0.15) is 54.7 Å². The Hall–Kier alpha value is -2.97. The van der Waals surface area contributed by atoms with E-state index in [0.29, 0.717) is 18.9 Å². The van der Waals surface area contributed by atoms with Crippen molar-refractivity contribution in [2.75, 3.05) is 13.1 Å². The minimum absolute atomic E-state index is 0.0297. The number of hydrogen-bond acceptors (Lipinski definition) is 5. The van der Waals surface area contributed by atoms with Crippen molar-refractivity contribution in [3.8, 4) is 5.75 Å². The average Bonchev–Trinajstić information content (AvgIpc) is 2.89. The lowest BCUT2D eigenvalue weighted by Crippen LogP contribution is -2.43. The van der Waals surface area contributed by atoms with Gasteiger partial charge in [0.25, 0.3) is 0 Å². The van der Waals surface area contributed by atoms with Crippen molar-refractivity contribution in [3.05, 3.63) is 101 Å². The molecule has 3 aromatic carbocycles. The summed E-state index contributed by atoms with van der Waals surface area (Å²) >= 11 is 0. The third-order valence-electron chi connectivity index (χ3n) is 7.37. The number of nitrogens with one attached hydrogen (secondary N) is 1. The van der Waals surface area contributed by atoms with Crippen molar-refractivity contribution >= 4 is 14.3 Å². The van der Waals surface area contributed by atoms with E-state index < -0.39 is 14.3 Å². The van der Waals surface area contributed by atoms with E-state index in [2.05, 4.69) is 39.2 Å². The van der Waals surface area contributed by atoms with E-state index in [1.54, 1.807) is 0 Å². The maximum absolute atomic E-state index is 11.1. The van der Waals surface area contributed by atoms with Crippen LogP contribution in [-0.2, 0) is 35.3 Å². The van der Waals surface area contributed by atoms with Crippen LogP contribution in [0.5, 0.6) is 5.75 Å². The van der Waals surface area contributed by atoms with Crippen molar-refractivity contribution < 1.29 is 24.2 Å². The van der Waals surface area contributed by atoms with Gasteiger partial charge in [-0.25, -0.2) is 0 Å². The van der Waals surface area contributed by atoms with Crippen molar-refractivity contribution in [1.29, 1.82) is 0 Å². The van der Waals surface area contributed by atoms with Gasteiger partial charge in [0.05, 0.1) is 19.1 Å². The van der Waals surface area contributed by atoms with Gasteiger partial charge in [-0.05, 0) is 65.5 Å². The van der Waals surface area contributed by atoms with Crippen LogP contribution < -0.4 is 10.1 Å². The molecule has 0 heterocycles. The molecule has 0 aliphatic heterocycles. The number of carbonyl (C=O) groups is 1. The quantitative estimate of drug-likeness (QED) is 0.162. The van der Waals surface area contributed by atoms with Crippen LogP contribution in [0.4, 0.5) is 0 Å². The molecule has 6 nitrogen and oxygen atoms in total. The molecule has 0 saturated heterocycles. The highest BCUT2D eigenvalue weighted by molar-refractivity contribution is 6.74. The Balaban J connectivity index is 1.72. The number of carboxylic acids is 1. The molecular formula is C32H43NO5Si. The fourth-order valence-electron chi connectivity index (χ4n) is 4.09. The van der Waals surface area contributed by atoms with Crippen molar-refractivity contribution in [2.45, 2.75) is 71.1 Å². The SMILES string of the molecule is CC(C)(C)[Si](C)(C)O[C@@H](CNCCc1cccc(CC(=O)O)c1)c1ccc(OCc2ccccc2)c(CO)c1. The molecule has 39 heavy (non-hydrogen) atoms. The van der Waals surface area contributed by atoms with Crippen LogP contribution in [0.3, 0.4) is 0 Å². The highest BCUT2D eigenvalue weighted by Gasteiger charge is 2.39. The van der Waals surface area contributed by atoms with Gasteiger partial charge in [-0.1, -0.05) is 81.4 Å². The summed E-state index contributed by atoms with van der Waals surface area (Å²) < 4.78 is 12.9. The summed E-state index contributed by atoms with van der Waals surface area (Å²) in [5, 5.41) is 22.8. The molecule has 0 fully saturated rings. The Morgan fingerprint density at radius 3 is 2.31 bits per heavy atom. The minimum atomic E-state index is -2.09. The standard InChI is InChI=1S/C32H43NO5Si/c1-32(2,3)39(4,5)38-30(21-33-17-16-24-12-9-13-26(18-24)19-31(35)36)27-14-15-29(28(20-27)22-34)37-23-25-10-7-6-8-11-25/h6-15,18,20,30,33-34H,16-17,19,21-23H2,1-5H3,(H,35,36)/t30-/m0/s1. The third-order valence-corrected chi connectivity index (χ3v) is 11.9. The Morgan fingerprint density at radius 1 is 0.949 bits per heavy atom. The number of rotatable bonds is 14. The molecule has 0 unspecified atom stereocenters. The van der Waals surface area contributed by atoms with Crippen molar-refractivity contribution in [1.82, 2.24) is 5.32 Å². The second kappa shape index (κ2) is 13.9. The summed E-state index contributed by atoms with van der Waals surface area (Å²) in [6, 6.07) is 23.7. The third kappa shape index (κ3) is 9.32. The predicted molar refractivity (Wildman–Crippen MR) is 159 cm³/mol. The predicted octanol–water partition coefficient (Wildman–Crippen LogP) is 6.28. The summed E-state index contributed by atoms with van der Waals surface area (Å²) in [4.78, 5) is 11.1. The van der Waals surface area contributed by atoms with Gasteiger partial charge in [-0.15, -0.1) is 0 Å². The van der Waals surface area contributed by atoms with Gasteiger partial charge in [0.15, 0.2) is 8.32 Å². The maximum atomic E-state index is 11.1. The van der Waals surface area contributed by atoms with E-state index in [9.17, 15) is 9.90 Å². The van der Waals surface area contributed by atoms with Crippen molar-refractivity contribution in [3.63, 3.8) is 0 Å². The number of hydrogen-bond donors (Lipinski definition) is 3. The zero-order valence-corrected chi connectivity index (χ0v) is 24.9. The molecule has 0 aliphatic rings. The van der Waals surface area contributed by atoms with Gasteiger partial charge >= 0.3 is 5.97 Å². The molecule has 0 spiro atoms. The largest absolute Gasteiger partial charge is 0.489 e. The second-order valence-electron chi connectivity index (χ2n) is 11.5. The molecule has 3 aromatic rings. The van der Waals surface area contributed by atoms with Gasteiger partial charge in [-0.2, -0.15) is 0 Å². The zero-order valence-electron chi connectivity index (χ0n) is 23.9. The van der Waals surface area contributed by atoms with Crippen LogP contribution >= 0.6 is 0 Å². The molecule has 7 heteroatoms. The zero-order chi connectivity index (χ0) is 28.5. The summed E-state index contributed by atoms with van der Waals surface area (Å²) in [5.74, 6) is -0.153. The fraction of sp³-hybridized carbons (Fsp3) is 0.406. The first-order chi connectivity index (χ1) is 18.5. The molecule has 0 bridgehead atoms. The normalized spacial score (nSPS) is 12.8. The van der Waals surface area contributed by atoms with E-state index in [-0.39, 0.29) is 24.2 Å². The summed E-state index contributed by atoms with van der Waals surface area (Å²) in [7, 11) is -2.09. The molecule has 0 aliphatic carbocycles. The van der Waals surface area contributed by atoms with Crippen LogP contribution in [-0.4, -0.2) is 37.6 Å².